The Labute approximate surface area is 133 Å². The first-order valence-electron chi connectivity index (χ1n) is 7.09. The third-order valence-corrected chi connectivity index (χ3v) is 5.20. The van der Waals surface area contributed by atoms with Crippen molar-refractivity contribution in [1.29, 1.82) is 0 Å². The van der Waals surface area contributed by atoms with Crippen LogP contribution in [0.3, 0.4) is 0 Å². The minimum Gasteiger partial charge on any atom is -0.355 e. The van der Waals surface area contributed by atoms with Crippen LogP contribution in [0, 0.1) is 11.6 Å². The highest BCUT2D eigenvalue weighted by molar-refractivity contribution is 7.89. The first kappa shape index (κ1) is 15.8. The first-order chi connectivity index (χ1) is 11.0. The Bertz CT molecular complexity index is 800. The molecular weight excluding hydrogens is 324 g/mol. The van der Waals surface area contributed by atoms with Crippen LogP contribution in [0.15, 0.2) is 47.5 Å². The molecule has 1 aromatic carbocycles. The summed E-state index contributed by atoms with van der Waals surface area (Å²) in [5.41, 5.74) is 0. The summed E-state index contributed by atoms with van der Waals surface area (Å²) in [6.07, 6.45) is 2.22. The molecule has 8 heteroatoms. The Morgan fingerprint density at radius 3 is 2.78 bits per heavy atom. The summed E-state index contributed by atoms with van der Waals surface area (Å²) in [7, 11) is -4.11. The predicted octanol–water partition coefficient (Wildman–Crippen LogP) is 1.92. The molecular formula is C15H15F2N3O2S. The highest BCUT2D eigenvalue weighted by Crippen LogP contribution is 2.21. The molecule has 3 rings (SSSR count). The fraction of sp³-hybridized carbons (Fsp3) is 0.267. The van der Waals surface area contributed by atoms with Crippen molar-refractivity contribution < 1.29 is 17.2 Å². The second kappa shape index (κ2) is 6.21. The summed E-state index contributed by atoms with van der Waals surface area (Å²) in [5.74, 6) is -1.02. The van der Waals surface area contributed by atoms with Crippen LogP contribution >= 0.6 is 0 Å². The molecule has 2 aromatic rings. The normalized spacial score (nSPS) is 18.3. The number of nitrogens with zero attached hydrogens (tertiary/aromatic N) is 2. The molecule has 1 atom stereocenters. The number of benzene rings is 1. The van der Waals surface area contributed by atoms with Crippen LogP contribution in [0.5, 0.6) is 0 Å². The fourth-order valence-corrected chi connectivity index (χ4v) is 3.92. The molecule has 0 aliphatic carbocycles. The van der Waals surface area contributed by atoms with Gasteiger partial charge in [-0.25, -0.2) is 26.9 Å². The summed E-state index contributed by atoms with van der Waals surface area (Å²) in [6.45, 7) is 1.06. The molecule has 1 N–H and O–H groups in total. The zero-order valence-corrected chi connectivity index (χ0v) is 12.9. The molecule has 1 saturated heterocycles. The minimum atomic E-state index is -4.11. The van der Waals surface area contributed by atoms with E-state index in [0.717, 1.165) is 18.0 Å². The van der Waals surface area contributed by atoms with Crippen molar-refractivity contribution in [3.63, 3.8) is 0 Å². The zero-order valence-electron chi connectivity index (χ0n) is 12.1. The van der Waals surface area contributed by atoms with E-state index in [1.54, 1.807) is 12.3 Å². The maximum Gasteiger partial charge on any atom is 0.243 e. The van der Waals surface area contributed by atoms with Gasteiger partial charge >= 0.3 is 0 Å². The third kappa shape index (κ3) is 3.48. The SMILES string of the molecule is O=S(=O)(NC1CCN(c2ccccn2)C1)c1cc(F)ccc1F. The van der Waals surface area contributed by atoms with Crippen LogP contribution in [0.4, 0.5) is 14.6 Å². The average Bonchev–Trinajstić information content (AvgIpc) is 2.98. The maximum atomic E-state index is 13.7. The van der Waals surface area contributed by atoms with Crippen molar-refractivity contribution in [3.05, 3.63) is 54.2 Å². The summed E-state index contributed by atoms with van der Waals surface area (Å²) in [6, 6.07) is 7.47. The standard InChI is InChI=1S/C15H15F2N3O2S/c16-11-4-5-13(17)14(9-11)23(21,22)19-12-6-8-20(10-12)15-3-1-2-7-18-15/h1-5,7,9,12,19H,6,8,10H2. The van der Waals surface area contributed by atoms with Crippen LogP contribution in [-0.4, -0.2) is 32.5 Å². The molecule has 1 aliphatic heterocycles. The monoisotopic (exact) mass is 339 g/mol. The lowest BCUT2D eigenvalue weighted by Crippen LogP contribution is -2.37. The molecule has 1 aliphatic rings. The van der Waals surface area contributed by atoms with Crippen LogP contribution in [0.2, 0.25) is 0 Å². The molecule has 0 bridgehead atoms. The molecule has 23 heavy (non-hydrogen) atoms. The number of sulfonamides is 1. The van der Waals surface area contributed by atoms with E-state index in [1.165, 1.54) is 0 Å². The molecule has 1 fully saturated rings. The Morgan fingerprint density at radius 1 is 1.22 bits per heavy atom. The quantitative estimate of drug-likeness (QED) is 0.924. The van der Waals surface area contributed by atoms with Gasteiger partial charge in [0.1, 0.15) is 22.3 Å². The number of pyridine rings is 1. The highest BCUT2D eigenvalue weighted by Gasteiger charge is 2.29. The van der Waals surface area contributed by atoms with Crippen molar-refractivity contribution in [3.8, 4) is 0 Å². The van der Waals surface area contributed by atoms with E-state index in [1.807, 2.05) is 17.0 Å². The Morgan fingerprint density at radius 2 is 2.04 bits per heavy atom. The second-order valence-corrected chi connectivity index (χ2v) is 7.00. The number of hydrogen-bond donors (Lipinski definition) is 1. The number of halogens is 2. The van der Waals surface area contributed by atoms with Gasteiger partial charge in [0.05, 0.1) is 0 Å². The second-order valence-electron chi connectivity index (χ2n) is 5.32. The van der Waals surface area contributed by atoms with E-state index in [0.29, 0.717) is 25.6 Å². The van der Waals surface area contributed by atoms with Gasteiger partial charge in [-0.15, -0.1) is 0 Å². The number of aromatic nitrogens is 1. The third-order valence-electron chi connectivity index (χ3n) is 3.67. The van der Waals surface area contributed by atoms with Gasteiger partial charge in [0, 0.05) is 25.3 Å². The van der Waals surface area contributed by atoms with Gasteiger partial charge in [0.15, 0.2) is 0 Å². The van der Waals surface area contributed by atoms with Gasteiger partial charge in [-0.3, -0.25) is 0 Å². The highest BCUT2D eigenvalue weighted by atomic mass is 32.2. The Balaban J connectivity index is 1.74. The lowest BCUT2D eigenvalue weighted by atomic mass is 10.3. The predicted molar refractivity (Wildman–Crippen MR) is 81.5 cm³/mol. The minimum absolute atomic E-state index is 0.385. The molecule has 1 unspecified atom stereocenters. The largest absolute Gasteiger partial charge is 0.355 e. The van der Waals surface area contributed by atoms with Crippen LogP contribution in [0.1, 0.15) is 6.42 Å². The summed E-state index contributed by atoms with van der Waals surface area (Å²) >= 11 is 0. The molecule has 0 radical (unpaired) electrons. The Hall–Kier alpha value is -2.06. The van der Waals surface area contributed by atoms with E-state index >= 15 is 0 Å². The van der Waals surface area contributed by atoms with Crippen molar-refractivity contribution in [2.75, 3.05) is 18.0 Å². The molecule has 122 valence electrons. The fourth-order valence-electron chi connectivity index (χ4n) is 2.57. The van der Waals surface area contributed by atoms with E-state index < -0.39 is 26.6 Å². The van der Waals surface area contributed by atoms with Crippen LogP contribution in [0.25, 0.3) is 0 Å². The van der Waals surface area contributed by atoms with Gasteiger partial charge in [-0.05, 0) is 36.8 Å². The van der Waals surface area contributed by atoms with Crippen LogP contribution < -0.4 is 9.62 Å². The maximum absolute atomic E-state index is 13.7. The van der Waals surface area contributed by atoms with Crippen molar-refractivity contribution >= 4 is 15.8 Å². The van der Waals surface area contributed by atoms with Crippen molar-refractivity contribution in [2.24, 2.45) is 0 Å². The number of nitrogens with one attached hydrogen (secondary N) is 1. The van der Waals surface area contributed by atoms with E-state index in [-0.39, 0.29) is 6.04 Å². The van der Waals surface area contributed by atoms with Gasteiger partial charge in [-0.2, -0.15) is 0 Å². The summed E-state index contributed by atoms with van der Waals surface area (Å²) < 4.78 is 53.8. The smallest absolute Gasteiger partial charge is 0.243 e. The van der Waals surface area contributed by atoms with E-state index in [4.69, 9.17) is 0 Å². The van der Waals surface area contributed by atoms with E-state index in [9.17, 15) is 17.2 Å². The average molecular weight is 339 g/mol. The topological polar surface area (TPSA) is 62.3 Å². The van der Waals surface area contributed by atoms with Gasteiger partial charge in [0.25, 0.3) is 0 Å². The molecule has 0 amide bonds. The number of hydrogen-bond acceptors (Lipinski definition) is 4. The van der Waals surface area contributed by atoms with Crippen molar-refractivity contribution in [1.82, 2.24) is 9.71 Å². The number of anilines is 1. The number of rotatable bonds is 4. The summed E-state index contributed by atoms with van der Waals surface area (Å²) in [5, 5.41) is 0. The van der Waals surface area contributed by atoms with Crippen molar-refractivity contribution in [2.45, 2.75) is 17.4 Å². The lowest BCUT2D eigenvalue weighted by molar-refractivity contribution is 0.535. The molecule has 1 aromatic heterocycles. The van der Waals surface area contributed by atoms with Gasteiger partial charge in [0.2, 0.25) is 10.0 Å². The van der Waals surface area contributed by atoms with Gasteiger partial charge < -0.3 is 4.90 Å². The molecule has 5 nitrogen and oxygen atoms in total. The zero-order chi connectivity index (χ0) is 16.4. The van der Waals surface area contributed by atoms with Gasteiger partial charge in [-0.1, -0.05) is 6.07 Å². The Kier molecular flexibility index (Phi) is 4.27. The van der Waals surface area contributed by atoms with Crippen LogP contribution in [-0.2, 0) is 10.0 Å². The lowest BCUT2D eigenvalue weighted by Gasteiger charge is -2.18. The first-order valence-corrected chi connectivity index (χ1v) is 8.57. The molecule has 2 heterocycles. The van der Waals surface area contributed by atoms with E-state index in [2.05, 4.69) is 9.71 Å². The molecule has 0 spiro atoms. The summed E-state index contributed by atoms with van der Waals surface area (Å²) in [4.78, 5) is 5.48. The molecule has 0 saturated carbocycles.